The second-order valence-electron chi connectivity index (χ2n) is 6.27. The van der Waals surface area contributed by atoms with Gasteiger partial charge in [0.1, 0.15) is 0 Å². The van der Waals surface area contributed by atoms with Crippen molar-refractivity contribution in [2.75, 3.05) is 26.2 Å². The number of ketones is 1. The first-order chi connectivity index (χ1) is 10.6. The average molecular weight is 300 g/mol. The molecule has 1 atom stereocenters. The highest BCUT2D eigenvalue weighted by Crippen LogP contribution is 2.25. The third-order valence-electron chi connectivity index (χ3n) is 4.44. The van der Waals surface area contributed by atoms with Gasteiger partial charge in [-0.25, -0.2) is 4.52 Å². The number of hydrogen-bond acceptors (Lipinski definition) is 4. The first-order valence-corrected chi connectivity index (χ1v) is 8.06. The maximum absolute atomic E-state index is 13.1. The van der Waals surface area contributed by atoms with Gasteiger partial charge in [-0.15, -0.1) is 0 Å². The van der Waals surface area contributed by atoms with Crippen molar-refractivity contribution < 1.29 is 4.79 Å². The molecule has 0 saturated carbocycles. The predicted octanol–water partition coefficient (Wildman–Crippen LogP) is 1.93. The average Bonchev–Trinajstić information content (AvgIpc) is 2.94. The Morgan fingerprint density at radius 3 is 2.64 bits per heavy atom. The van der Waals surface area contributed by atoms with Crippen LogP contribution < -0.4 is 5.32 Å². The molecule has 5 nitrogen and oxygen atoms in total. The van der Waals surface area contributed by atoms with Crippen LogP contribution in [0.3, 0.4) is 0 Å². The van der Waals surface area contributed by atoms with E-state index in [1.54, 1.807) is 0 Å². The van der Waals surface area contributed by atoms with Gasteiger partial charge in [-0.05, 0) is 25.0 Å². The van der Waals surface area contributed by atoms with Gasteiger partial charge in [0.05, 0.1) is 22.8 Å². The van der Waals surface area contributed by atoms with Crippen molar-refractivity contribution in [2.24, 2.45) is 0 Å². The normalized spacial score (nSPS) is 18.0. The topological polar surface area (TPSA) is 49.6 Å². The monoisotopic (exact) mass is 300 g/mol. The molecule has 2 aromatic heterocycles. The molecule has 1 fully saturated rings. The van der Waals surface area contributed by atoms with E-state index in [-0.39, 0.29) is 17.7 Å². The minimum Gasteiger partial charge on any atom is -0.314 e. The van der Waals surface area contributed by atoms with Crippen LogP contribution in [0.15, 0.2) is 24.4 Å². The molecule has 2 aromatic rings. The molecular weight excluding hydrogens is 276 g/mol. The standard InChI is InChI=1S/C17H24N4O/c1-12(2)16-15(14-6-4-5-9-21(14)19-16)17(22)13(3)20-10-7-18-8-11-20/h4-6,9,12-13,18H,7-8,10-11H2,1-3H3. The van der Waals surface area contributed by atoms with Gasteiger partial charge in [0.2, 0.25) is 0 Å². The number of nitrogens with one attached hydrogen (secondary N) is 1. The molecule has 0 aromatic carbocycles. The number of nitrogens with zero attached hydrogens (tertiary/aromatic N) is 3. The summed E-state index contributed by atoms with van der Waals surface area (Å²) < 4.78 is 1.83. The number of fused-ring (bicyclic) bond motifs is 1. The van der Waals surface area contributed by atoms with Crippen LogP contribution >= 0.6 is 0 Å². The van der Waals surface area contributed by atoms with Crippen LogP contribution in [0, 0.1) is 0 Å². The molecule has 0 amide bonds. The number of piperazine rings is 1. The lowest BCUT2D eigenvalue weighted by Gasteiger charge is -2.32. The van der Waals surface area contributed by atoms with Crippen LogP contribution in [-0.2, 0) is 0 Å². The van der Waals surface area contributed by atoms with E-state index in [2.05, 4.69) is 29.2 Å². The Morgan fingerprint density at radius 2 is 1.95 bits per heavy atom. The highest BCUT2D eigenvalue weighted by atomic mass is 16.1. The summed E-state index contributed by atoms with van der Waals surface area (Å²) in [5, 5.41) is 7.96. The number of carbonyl (C=O) groups is 1. The summed E-state index contributed by atoms with van der Waals surface area (Å²) in [5.41, 5.74) is 2.61. The molecule has 0 bridgehead atoms. The van der Waals surface area contributed by atoms with Gasteiger partial charge in [0.25, 0.3) is 0 Å². The Balaban J connectivity index is 2.00. The minimum atomic E-state index is -0.104. The maximum Gasteiger partial charge on any atom is 0.183 e. The summed E-state index contributed by atoms with van der Waals surface area (Å²) in [6.45, 7) is 9.94. The third-order valence-corrected chi connectivity index (χ3v) is 4.44. The summed E-state index contributed by atoms with van der Waals surface area (Å²) in [6.07, 6.45) is 1.91. The van der Waals surface area contributed by atoms with Gasteiger partial charge >= 0.3 is 0 Å². The highest BCUT2D eigenvalue weighted by Gasteiger charge is 2.29. The molecule has 0 aliphatic carbocycles. The van der Waals surface area contributed by atoms with Gasteiger partial charge in [-0.1, -0.05) is 19.9 Å². The van der Waals surface area contributed by atoms with E-state index in [9.17, 15) is 4.79 Å². The molecule has 3 heterocycles. The number of rotatable bonds is 4. The third kappa shape index (κ3) is 2.66. The Hall–Kier alpha value is -1.72. The Kier molecular flexibility index (Phi) is 4.27. The Morgan fingerprint density at radius 1 is 1.23 bits per heavy atom. The van der Waals surface area contributed by atoms with E-state index < -0.39 is 0 Å². The minimum absolute atomic E-state index is 0.104. The van der Waals surface area contributed by atoms with E-state index in [1.807, 2.05) is 35.8 Å². The Bertz CT molecular complexity index is 670. The summed E-state index contributed by atoms with van der Waals surface area (Å²) >= 11 is 0. The van der Waals surface area contributed by atoms with Gasteiger partial charge < -0.3 is 5.32 Å². The predicted molar refractivity (Wildman–Crippen MR) is 87.5 cm³/mol. The summed E-state index contributed by atoms with van der Waals surface area (Å²) in [4.78, 5) is 15.4. The molecule has 0 spiro atoms. The fourth-order valence-corrected chi connectivity index (χ4v) is 3.12. The van der Waals surface area contributed by atoms with Crippen LogP contribution in [-0.4, -0.2) is 52.5 Å². The van der Waals surface area contributed by atoms with Gasteiger partial charge in [-0.2, -0.15) is 5.10 Å². The fraction of sp³-hybridized carbons (Fsp3) is 0.529. The SMILES string of the molecule is CC(C)c1nn2ccccc2c1C(=O)C(C)N1CCNCC1. The van der Waals surface area contributed by atoms with Crippen molar-refractivity contribution in [3.8, 4) is 0 Å². The zero-order valence-electron chi connectivity index (χ0n) is 13.5. The second kappa shape index (κ2) is 6.18. The molecule has 5 heteroatoms. The van der Waals surface area contributed by atoms with E-state index in [0.29, 0.717) is 0 Å². The molecule has 1 aliphatic heterocycles. The lowest BCUT2D eigenvalue weighted by atomic mass is 9.97. The largest absolute Gasteiger partial charge is 0.314 e. The Labute approximate surface area is 131 Å². The summed E-state index contributed by atoms with van der Waals surface area (Å²) in [6, 6.07) is 5.79. The zero-order valence-corrected chi connectivity index (χ0v) is 13.5. The summed E-state index contributed by atoms with van der Waals surface area (Å²) in [5.74, 6) is 0.417. The van der Waals surface area contributed by atoms with E-state index in [0.717, 1.165) is 43.0 Å². The molecule has 1 saturated heterocycles. The molecule has 0 radical (unpaired) electrons. The zero-order chi connectivity index (χ0) is 15.7. The van der Waals surface area contributed by atoms with Crippen LogP contribution in [0.4, 0.5) is 0 Å². The van der Waals surface area contributed by atoms with Gasteiger partial charge in [-0.3, -0.25) is 9.69 Å². The number of hydrogen-bond donors (Lipinski definition) is 1. The number of carbonyl (C=O) groups excluding carboxylic acids is 1. The quantitative estimate of drug-likeness (QED) is 0.877. The van der Waals surface area contributed by atoms with E-state index in [1.165, 1.54) is 0 Å². The molecule has 1 N–H and O–H groups in total. The van der Waals surface area contributed by atoms with Crippen molar-refractivity contribution in [2.45, 2.75) is 32.7 Å². The smallest absolute Gasteiger partial charge is 0.183 e. The van der Waals surface area contributed by atoms with Crippen LogP contribution in [0.2, 0.25) is 0 Å². The van der Waals surface area contributed by atoms with Crippen molar-refractivity contribution in [3.05, 3.63) is 35.7 Å². The van der Waals surface area contributed by atoms with Crippen LogP contribution in [0.1, 0.15) is 42.7 Å². The molecule has 1 unspecified atom stereocenters. The van der Waals surface area contributed by atoms with Crippen molar-refractivity contribution >= 4 is 11.3 Å². The van der Waals surface area contributed by atoms with Crippen molar-refractivity contribution in [1.29, 1.82) is 0 Å². The number of Topliss-reactive ketones (excluding diaryl/α,β-unsaturated/α-hetero) is 1. The lowest BCUT2D eigenvalue weighted by Crippen LogP contribution is -2.50. The molecular formula is C17H24N4O. The maximum atomic E-state index is 13.1. The van der Waals surface area contributed by atoms with Gasteiger partial charge in [0, 0.05) is 32.4 Å². The number of aromatic nitrogens is 2. The molecule has 1 aliphatic rings. The van der Waals surface area contributed by atoms with E-state index >= 15 is 0 Å². The van der Waals surface area contributed by atoms with E-state index in [4.69, 9.17) is 0 Å². The lowest BCUT2D eigenvalue weighted by molar-refractivity contribution is 0.0820. The number of pyridine rings is 1. The first-order valence-electron chi connectivity index (χ1n) is 8.06. The highest BCUT2D eigenvalue weighted by molar-refractivity contribution is 6.06. The van der Waals surface area contributed by atoms with Crippen LogP contribution in [0.25, 0.3) is 5.52 Å². The molecule has 22 heavy (non-hydrogen) atoms. The van der Waals surface area contributed by atoms with Crippen molar-refractivity contribution in [3.63, 3.8) is 0 Å². The molecule has 3 rings (SSSR count). The summed E-state index contributed by atoms with van der Waals surface area (Å²) in [7, 11) is 0. The first kappa shape index (κ1) is 15.2. The second-order valence-corrected chi connectivity index (χ2v) is 6.27. The van der Waals surface area contributed by atoms with Gasteiger partial charge in [0.15, 0.2) is 5.78 Å². The van der Waals surface area contributed by atoms with Crippen LogP contribution in [0.5, 0.6) is 0 Å². The fourth-order valence-electron chi connectivity index (χ4n) is 3.12. The van der Waals surface area contributed by atoms with Crippen molar-refractivity contribution in [1.82, 2.24) is 19.8 Å². The molecule has 118 valence electrons.